The van der Waals surface area contributed by atoms with Gasteiger partial charge in [0.1, 0.15) is 13.2 Å². The Bertz CT molecular complexity index is 866. The molecule has 3 heterocycles. The zero-order valence-electron chi connectivity index (χ0n) is 13.7. The molecule has 1 aromatic heterocycles. The van der Waals surface area contributed by atoms with Crippen molar-refractivity contribution in [1.82, 2.24) is 13.8 Å². The van der Waals surface area contributed by atoms with Gasteiger partial charge in [-0.3, -0.25) is 13.5 Å². The summed E-state index contributed by atoms with van der Waals surface area (Å²) in [4.78, 5) is 40.1. The minimum absolute atomic E-state index is 0.0453. The third-order valence-electron chi connectivity index (χ3n) is 4.88. The molecular weight excluding hydrogens is 342 g/mol. The number of aromatic nitrogens is 1. The molecule has 2 saturated heterocycles. The maximum atomic E-state index is 12.6. The van der Waals surface area contributed by atoms with E-state index in [9.17, 15) is 14.4 Å². The van der Waals surface area contributed by atoms with Gasteiger partial charge in [-0.15, -0.1) is 0 Å². The van der Waals surface area contributed by atoms with Crippen molar-refractivity contribution in [3.8, 4) is 0 Å². The van der Waals surface area contributed by atoms with Crippen molar-refractivity contribution in [2.24, 2.45) is 0 Å². The number of hydrogen-bond acceptors (Lipinski definition) is 5. The van der Waals surface area contributed by atoms with Crippen LogP contribution in [0, 0.1) is 0 Å². The molecule has 0 bridgehead atoms. The average molecular weight is 361 g/mol. The van der Waals surface area contributed by atoms with Crippen LogP contribution in [-0.4, -0.2) is 58.0 Å². The standard InChI is InChI=1S/C17H19N3O4S/c21-15(11-20-16(22)13-3-1-2-4-14(13)25-20)18-7-5-12(6-8-18)19-9-10-24-17(19)23/h1-4,12H,5-11H2. The van der Waals surface area contributed by atoms with Gasteiger partial charge in [-0.05, 0) is 25.0 Å². The molecule has 4 rings (SSSR count). The van der Waals surface area contributed by atoms with Crippen LogP contribution in [0.25, 0.3) is 10.1 Å². The van der Waals surface area contributed by atoms with Crippen LogP contribution >= 0.6 is 11.5 Å². The Labute approximate surface area is 148 Å². The number of piperidine rings is 1. The number of carbonyl (C=O) groups is 2. The first-order valence-corrected chi connectivity index (χ1v) is 9.21. The Morgan fingerprint density at radius 1 is 1.16 bits per heavy atom. The maximum absolute atomic E-state index is 12.6. The Hall–Kier alpha value is -2.35. The molecule has 7 nitrogen and oxygen atoms in total. The van der Waals surface area contributed by atoms with E-state index in [1.54, 1.807) is 15.9 Å². The van der Waals surface area contributed by atoms with Gasteiger partial charge in [0, 0.05) is 19.1 Å². The molecule has 25 heavy (non-hydrogen) atoms. The summed E-state index contributed by atoms with van der Waals surface area (Å²) in [5.41, 5.74) is -0.108. The molecule has 0 aliphatic carbocycles. The molecule has 0 radical (unpaired) electrons. The van der Waals surface area contributed by atoms with Crippen LogP contribution in [0.3, 0.4) is 0 Å². The van der Waals surface area contributed by atoms with Crippen molar-refractivity contribution in [1.29, 1.82) is 0 Å². The largest absolute Gasteiger partial charge is 0.448 e. The predicted molar refractivity (Wildman–Crippen MR) is 93.7 cm³/mol. The van der Waals surface area contributed by atoms with Gasteiger partial charge in [0.2, 0.25) is 5.91 Å². The zero-order chi connectivity index (χ0) is 17.4. The molecule has 2 aliphatic rings. The second-order valence-corrected chi connectivity index (χ2v) is 7.41. The molecule has 2 fully saturated rings. The van der Waals surface area contributed by atoms with E-state index >= 15 is 0 Å². The number of likely N-dealkylation sites (tertiary alicyclic amines) is 1. The lowest BCUT2D eigenvalue weighted by Crippen LogP contribution is -2.48. The third kappa shape index (κ3) is 3.02. The summed E-state index contributed by atoms with van der Waals surface area (Å²) in [6.45, 7) is 2.37. The van der Waals surface area contributed by atoms with Crippen LogP contribution < -0.4 is 5.56 Å². The van der Waals surface area contributed by atoms with Crippen LogP contribution in [-0.2, 0) is 16.1 Å². The van der Waals surface area contributed by atoms with Crippen molar-refractivity contribution >= 4 is 33.6 Å². The summed E-state index contributed by atoms with van der Waals surface area (Å²) < 4.78 is 7.40. The highest BCUT2D eigenvalue weighted by molar-refractivity contribution is 7.13. The minimum atomic E-state index is -0.249. The van der Waals surface area contributed by atoms with E-state index in [2.05, 4.69) is 0 Å². The highest BCUT2D eigenvalue weighted by Crippen LogP contribution is 2.21. The van der Waals surface area contributed by atoms with E-state index in [0.717, 1.165) is 17.5 Å². The lowest BCUT2D eigenvalue weighted by Gasteiger charge is -2.35. The van der Waals surface area contributed by atoms with E-state index < -0.39 is 0 Å². The number of carbonyl (C=O) groups excluding carboxylic acids is 2. The lowest BCUT2D eigenvalue weighted by atomic mass is 10.0. The topological polar surface area (TPSA) is 71.8 Å². The predicted octanol–water partition coefficient (Wildman–Crippen LogP) is 1.51. The molecule has 1 aromatic carbocycles. The fourth-order valence-electron chi connectivity index (χ4n) is 3.51. The summed E-state index contributed by atoms with van der Waals surface area (Å²) >= 11 is 1.32. The quantitative estimate of drug-likeness (QED) is 0.831. The number of rotatable bonds is 3. The maximum Gasteiger partial charge on any atom is 0.410 e. The van der Waals surface area contributed by atoms with Crippen molar-refractivity contribution in [3.63, 3.8) is 0 Å². The molecule has 0 spiro atoms. The minimum Gasteiger partial charge on any atom is -0.448 e. The van der Waals surface area contributed by atoms with Crippen molar-refractivity contribution in [2.75, 3.05) is 26.2 Å². The molecular formula is C17H19N3O4S. The van der Waals surface area contributed by atoms with Gasteiger partial charge in [0.05, 0.1) is 16.6 Å². The molecule has 2 aliphatic heterocycles. The van der Waals surface area contributed by atoms with Crippen LogP contribution in [0.4, 0.5) is 4.79 Å². The molecule has 0 atom stereocenters. The molecule has 2 amide bonds. The first-order chi connectivity index (χ1) is 12.1. The fourth-order valence-corrected chi connectivity index (χ4v) is 4.50. The highest BCUT2D eigenvalue weighted by atomic mass is 32.1. The van der Waals surface area contributed by atoms with E-state index in [0.29, 0.717) is 31.6 Å². The first-order valence-electron chi connectivity index (χ1n) is 8.43. The van der Waals surface area contributed by atoms with Gasteiger partial charge in [-0.2, -0.15) is 0 Å². The Balaban J connectivity index is 1.39. The van der Waals surface area contributed by atoms with Crippen molar-refractivity contribution in [3.05, 3.63) is 34.6 Å². The summed E-state index contributed by atoms with van der Waals surface area (Å²) in [5.74, 6) is -0.0453. The van der Waals surface area contributed by atoms with Crippen LogP contribution in [0.1, 0.15) is 12.8 Å². The second-order valence-electron chi connectivity index (χ2n) is 6.35. The van der Waals surface area contributed by atoms with Gasteiger partial charge < -0.3 is 14.5 Å². The number of fused-ring (bicyclic) bond motifs is 1. The van der Waals surface area contributed by atoms with Crippen molar-refractivity contribution in [2.45, 2.75) is 25.4 Å². The van der Waals surface area contributed by atoms with Crippen LogP contribution in [0.5, 0.6) is 0 Å². The van der Waals surface area contributed by atoms with Gasteiger partial charge in [0.15, 0.2) is 0 Å². The van der Waals surface area contributed by atoms with Gasteiger partial charge in [-0.25, -0.2) is 4.79 Å². The van der Waals surface area contributed by atoms with E-state index in [1.165, 1.54) is 15.5 Å². The third-order valence-corrected chi connectivity index (χ3v) is 5.95. The number of hydrogen-bond donors (Lipinski definition) is 0. The van der Waals surface area contributed by atoms with Crippen LogP contribution in [0.2, 0.25) is 0 Å². The molecule has 0 unspecified atom stereocenters. The van der Waals surface area contributed by atoms with E-state index in [1.807, 2.05) is 18.2 Å². The SMILES string of the molecule is O=C(Cn1sc2ccccc2c1=O)N1CCC(N2CCOC2=O)CC1. The monoisotopic (exact) mass is 361 g/mol. The number of amides is 2. The summed E-state index contributed by atoms with van der Waals surface area (Å²) in [6.07, 6.45) is 1.26. The lowest BCUT2D eigenvalue weighted by molar-refractivity contribution is -0.133. The molecule has 8 heteroatoms. The number of cyclic esters (lactones) is 1. The van der Waals surface area contributed by atoms with E-state index in [-0.39, 0.29) is 30.1 Å². The van der Waals surface area contributed by atoms with Crippen molar-refractivity contribution < 1.29 is 14.3 Å². The molecule has 132 valence electrons. The summed E-state index contributed by atoms with van der Waals surface area (Å²) in [6, 6.07) is 7.54. The highest BCUT2D eigenvalue weighted by Gasteiger charge is 2.33. The van der Waals surface area contributed by atoms with Gasteiger partial charge in [-0.1, -0.05) is 23.7 Å². The molecule has 0 N–H and O–H groups in total. The summed E-state index contributed by atoms with van der Waals surface area (Å²) in [7, 11) is 0. The zero-order valence-corrected chi connectivity index (χ0v) is 14.5. The van der Waals surface area contributed by atoms with Crippen LogP contribution in [0.15, 0.2) is 29.1 Å². The van der Waals surface area contributed by atoms with E-state index in [4.69, 9.17) is 4.74 Å². The normalized spacial score (nSPS) is 18.8. The number of nitrogens with zero attached hydrogens (tertiary/aromatic N) is 3. The summed E-state index contributed by atoms with van der Waals surface area (Å²) in [5, 5.41) is 0.659. The Morgan fingerprint density at radius 2 is 1.92 bits per heavy atom. The Morgan fingerprint density at radius 3 is 2.60 bits per heavy atom. The number of benzene rings is 1. The number of ether oxygens (including phenoxy) is 1. The average Bonchev–Trinajstić information content (AvgIpc) is 3.19. The smallest absolute Gasteiger partial charge is 0.410 e. The first kappa shape index (κ1) is 16.1. The Kier molecular flexibility index (Phi) is 4.20. The molecule has 2 aromatic rings. The van der Waals surface area contributed by atoms with Gasteiger partial charge in [0.25, 0.3) is 5.56 Å². The molecule has 0 saturated carbocycles. The fraction of sp³-hybridized carbons (Fsp3) is 0.471. The second kappa shape index (κ2) is 6.51. The van der Waals surface area contributed by atoms with Gasteiger partial charge >= 0.3 is 6.09 Å².